The molecule has 1 unspecified atom stereocenters. The van der Waals surface area contributed by atoms with Crippen molar-refractivity contribution in [1.82, 2.24) is 9.88 Å². The van der Waals surface area contributed by atoms with Gasteiger partial charge >= 0.3 is 0 Å². The second-order valence-corrected chi connectivity index (χ2v) is 8.17. The number of para-hydroxylation sites is 1. The molecule has 1 N–H and O–H groups in total. The van der Waals surface area contributed by atoms with E-state index in [0.717, 1.165) is 53.6 Å². The van der Waals surface area contributed by atoms with Gasteiger partial charge in [-0.2, -0.15) is 0 Å². The van der Waals surface area contributed by atoms with E-state index in [1.54, 1.807) is 24.5 Å². The van der Waals surface area contributed by atoms with E-state index in [0.29, 0.717) is 18.8 Å². The lowest BCUT2D eigenvalue weighted by Crippen LogP contribution is -2.31. The molecule has 29 heavy (non-hydrogen) atoms. The Balaban J connectivity index is 1.50. The van der Waals surface area contributed by atoms with E-state index in [-0.39, 0.29) is 6.10 Å². The molecule has 1 fully saturated rings. The van der Waals surface area contributed by atoms with Gasteiger partial charge in [0.05, 0.1) is 18.9 Å². The lowest BCUT2D eigenvalue weighted by atomic mass is 10.1. The number of hydrogen-bond donors (Lipinski definition) is 1. The molecule has 1 saturated heterocycles. The molecule has 0 aliphatic carbocycles. The summed E-state index contributed by atoms with van der Waals surface area (Å²) in [7, 11) is 1.67. The zero-order chi connectivity index (χ0) is 20.1. The molecule has 0 bridgehead atoms. The summed E-state index contributed by atoms with van der Waals surface area (Å²) < 4.78 is 11.2. The fourth-order valence-corrected chi connectivity index (χ4v) is 4.45. The third kappa shape index (κ3) is 5.15. The topological polar surface area (TPSA) is 54.8 Å². The number of phenols is 1. The summed E-state index contributed by atoms with van der Waals surface area (Å²) in [6, 6.07) is 15.5. The van der Waals surface area contributed by atoms with Crippen molar-refractivity contribution in [3.05, 3.63) is 65.2 Å². The Labute approximate surface area is 175 Å². The molecule has 4 rings (SSSR count). The van der Waals surface area contributed by atoms with Crippen molar-refractivity contribution >= 4 is 11.3 Å². The van der Waals surface area contributed by atoms with Gasteiger partial charge in [-0.15, -0.1) is 11.3 Å². The monoisotopic (exact) mass is 410 g/mol. The summed E-state index contributed by atoms with van der Waals surface area (Å²) in [6.45, 7) is 3.05. The second kappa shape index (κ2) is 9.39. The molecule has 1 aromatic heterocycles. The molecule has 6 heteroatoms. The van der Waals surface area contributed by atoms with Crippen LogP contribution in [0, 0.1) is 0 Å². The quantitative estimate of drug-likeness (QED) is 0.583. The highest BCUT2D eigenvalue weighted by atomic mass is 32.1. The van der Waals surface area contributed by atoms with Gasteiger partial charge < -0.3 is 14.6 Å². The smallest absolute Gasteiger partial charge is 0.123 e. The minimum atomic E-state index is 0.248. The van der Waals surface area contributed by atoms with Gasteiger partial charge in [0.15, 0.2) is 0 Å². The highest BCUT2D eigenvalue weighted by Gasteiger charge is 2.21. The summed E-state index contributed by atoms with van der Waals surface area (Å²) in [5, 5.41) is 13.3. The van der Waals surface area contributed by atoms with Gasteiger partial charge in [0.1, 0.15) is 16.5 Å². The van der Waals surface area contributed by atoms with Crippen LogP contribution in [0.15, 0.2) is 53.9 Å². The SMILES string of the molecule is COc1cccc(-c2nc(CN(Cc3ccccc3O)CC3CCCO3)cs2)c1. The lowest BCUT2D eigenvalue weighted by Gasteiger charge is -2.25. The zero-order valence-electron chi connectivity index (χ0n) is 16.6. The van der Waals surface area contributed by atoms with Gasteiger partial charge in [0, 0.05) is 42.7 Å². The molecular weight excluding hydrogens is 384 g/mol. The van der Waals surface area contributed by atoms with E-state index in [1.807, 2.05) is 36.4 Å². The van der Waals surface area contributed by atoms with Crippen LogP contribution < -0.4 is 4.74 Å². The average molecular weight is 411 g/mol. The summed E-state index contributed by atoms with van der Waals surface area (Å²) in [4.78, 5) is 7.17. The number of nitrogens with zero attached hydrogens (tertiary/aromatic N) is 2. The third-order valence-corrected chi connectivity index (χ3v) is 6.07. The molecule has 5 nitrogen and oxygen atoms in total. The number of aromatic hydroxyl groups is 1. The van der Waals surface area contributed by atoms with Gasteiger partial charge in [-0.1, -0.05) is 30.3 Å². The summed E-state index contributed by atoms with van der Waals surface area (Å²) in [5.74, 6) is 1.17. The van der Waals surface area contributed by atoms with E-state index in [2.05, 4.69) is 16.3 Å². The first-order chi connectivity index (χ1) is 14.2. The van der Waals surface area contributed by atoms with Crippen molar-refractivity contribution in [2.75, 3.05) is 20.3 Å². The Morgan fingerprint density at radius 3 is 2.90 bits per heavy atom. The Kier molecular flexibility index (Phi) is 6.44. The Hall–Kier alpha value is -2.41. The predicted molar refractivity (Wildman–Crippen MR) is 115 cm³/mol. The van der Waals surface area contributed by atoms with Crippen LogP contribution >= 0.6 is 11.3 Å². The molecule has 0 saturated carbocycles. The standard InChI is InChI=1S/C23H26N2O3S/c1-27-20-8-4-7-17(12-20)23-24-19(16-29-23)14-25(15-21-9-5-11-28-21)13-18-6-2-3-10-22(18)26/h2-4,6-8,10,12,16,21,26H,5,9,11,13-15H2,1H3. The van der Waals surface area contributed by atoms with Gasteiger partial charge in [-0.25, -0.2) is 4.98 Å². The number of thiazole rings is 1. The van der Waals surface area contributed by atoms with E-state index in [1.165, 1.54) is 0 Å². The van der Waals surface area contributed by atoms with Crippen LogP contribution in [0.5, 0.6) is 11.5 Å². The normalized spacial score (nSPS) is 16.4. The molecule has 1 aliphatic rings. The molecule has 152 valence electrons. The summed E-state index contributed by atoms with van der Waals surface area (Å²) in [6.07, 6.45) is 2.45. The maximum atomic E-state index is 10.2. The summed E-state index contributed by atoms with van der Waals surface area (Å²) in [5.41, 5.74) is 3.02. The molecule has 1 atom stereocenters. The number of rotatable bonds is 8. The van der Waals surface area contributed by atoms with E-state index < -0.39 is 0 Å². The van der Waals surface area contributed by atoms with Crippen molar-refractivity contribution in [3.8, 4) is 22.1 Å². The fourth-order valence-electron chi connectivity index (χ4n) is 3.64. The molecule has 3 aromatic rings. The van der Waals surface area contributed by atoms with Crippen LogP contribution in [-0.2, 0) is 17.8 Å². The van der Waals surface area contributed by atoms with Gasteiger partial charge in [0.25, 0.3) is 0 Å². The van der Waals surface area contributed by atoms with Gasteiger partial charge in [0.2, 0.25) is 0 Å². The molecule has 0 amide bonds. The minimum absolute atomic E-state index is 0.248. The van der Waals surface area contributed by atoms with Crippen LogP contribution in [0.3, 0.4) is 0 Å². The van der Waals surface area contributed by atoms with E-state index in [9.17, 15) is 5.11 Å². The zero-order valence-corrected chi connectivity index (χ0v) is 17.4. The van der Waals surface area contributed by atoms with E-state index in [4.69, 9.17) is 14.5 Å². The first-order valence-corrected chi connectivity index (χ1v) is 10.8. The molecular formula is C23H26N2O3S. The average Bonchev–Trinajstić information content (AvgIpc) is 3.42. The Morgan fingerprint density at radius 2 is 2.10 bits per heavy atom. The van der Waals surface area contributed by atoms with Crippen molar-refractivity contribution in [2.24, 2.45) is 0 Å². The minimum Gasteiger partial charge on any atom is -0.508 e. The maximum Gasteiger partial charge on any atom is 0.123 e. The van der Waals surface area contributed by atoms with Crippen molar-refractivity contribution in [2.45, 2.75) is 32.0 Å². The van der Waals surface area contributed by atoms with Crippen LogP contribution in [-0.4, -0.2) is 41.4 Å². The lowest BCUT2D eigenvalue weighted by molar-refractivity contribution is 0.0673. The van der Waals surface area contributed by atoms with Crippen LogP contribution in [0.4, 0.5) is 0 Å². The molecule has 2 heterocycles. The van der Waals surface area contributed by atoms with Gasteiger partial charge in [-0.05, 0) is 31.0 Å². The number of ether oxygens (including phenoxy) is 2. The number of benzene rings is 2. The number of methoxy groups -OCH3 is 1. The number of phenolic OH excluding ortho intramolecular Hbond substituents is 1. The molecule has 0 radical (unpaired) electrons. The molecule has 2 aromatic carbocycles. The van der Waals surface area contributed by atoms with Crippen molar-refractivity contribution in [3.63, 3.8) is 0 Å². The van der Waals surface area contributed by atoms with Gasteiger partial charge in [-0.3, -0.25) is 4.90 Å². The highest BCUT2D eigenvalue weighted by molar-refractivity contribution is 7.13. The number of hydrogen-bond acceptors (Lipinski definition) is 6. The summed E-state index contributed by atoms with van der Waals surface area (Å²) >= 11 is 1.64. The molecule has 0 spiro atoms. The van der Waals surface area contributed by atoms with E-state index >= 15 is 0 Å². The maximum absolute atomic E-state index is 10.2. The number of aromatic nitrogens is 1. The van der Waals surface area contributed by atoms with Crippen LogP contribution in [0.1, 0.15) is 24.1 Å². The highest BCUT2D eigenvalue weighted by Crippen LogP contribution is 2.28. The Bertz CT molecular complexity index is 937. The third-order valence-electron chi connectivity index (χ3n) is 5.13. The van der Waals surface area contributed by atoms with Crippen molar-refractivity contribution in [1.29, 1.82) is 0 Å². The largest absolute Gasteiger partial charge is 0.508 e. The fraction of sp³-hybridized carbons (Fsp3) is 0.348. The first-order valence-electron chi connectivity index (χ1n) is 9.91. The molecule has 1 aliphatic heterocycles. The van der Waals surface area contributed by atoms with Crippen molar-refractivity contribution < 1.29 is 14.6 Å². The Morgan fingerprint density at radius 1 is 1.21 bits per heavy atom. The van der Waals surface area contributed by atoms with Crippen LogP contribution in [0.25, 0.3) is 10.6 Å². The predicted octanol–water partition coefficient (Wildman–Crippen LogP) is 4.71. The second-order valence-electron chi connectivity index (χ2n) is 7.31. The first kappa shape index (κ1) is 19.9. The van der Waals surface area contributed by atoms with Crippen LogP contribution in [0.2, 0.25) is 0 Å².